The summed E-state index contributed by atoms with van der Waals surface area (Å²) in [5.74, 6) is -1.35. The van der Waals surface area contributed by atoms with Gasteiger partial charge in [0, 0.05) is 11.5 Å². The van der Waals surface area contributed by atoms with E-state index in [9.17, 15) is 9.59 Å². The average molecular weight is 211 g/mol. The highest BCUT2D eigenvalue weighted by atomic mass is 16.4. The van der Waals surface area contributed by atoms with Gasteiger partial charge in [0.15, 0.2) is 0 Å². The van der Waals surface area contributed by atoms with Crippen LogP contribution in [0.3, 0.4) is 0 Å². The van der Waals surface area contributed by atoms with Crippen molar-refractivity contribution < 1.29 is 14.7 Å². The number of nitrogens with one attached hydrogen (secondary N) is 1. The van der Waals surface area contributed by atoms with Crippen LogP contribution in [0.5, 0.6) is 0 Å². The molecule has 0 fully saturated rings. The van der Waals surface area contributed by atoms with Crippen molar-refractivity contribution in [2.24, 2.45) is 11.3 Å². The van der Waals surface area contributed by atoms with Gasteiger partial charge in [-0.05, 0) is 6.42 Å². The Morgan fingerprint density at radius 2 is 1.93 bits per heavy atom. The van der Waals surface area contributed by atoms with Gasteiger partial charge in [-0.3, -0.25) is 9.59 Å². The molecule has 0 aromatic rings. The van der Waals surface area contributed by atoms with Crippen LogP contribution in [0, 0.1) is 11.3 Å². The zero-order chi connectivity index (χ0) is 11.6. The normalized spacial score (nSPS) is 25.3. The SMILES string of the molecule is CC(C)(C)C(=O)NC1C=CC(C(=O)O)C1. The van der Waals surface area contributed by atoms with E-state index in [4.69, 9.17) is 5.11 Å². The van der Waals surface area contributed by atoms with Crippen LogP contribution in [0.15, 0.2) is 12.2 Å². The van der Waals surface area contributed by atoms with E-state index in [0.29, 0.717) is 6.42 Å². The number of carbonyl (C=O) groups excluding carboxylic acids is 1. The van der Waals surface area contributed by atoms with Crippen molar-refractivity contribution in [1.29, 1.82) is 0 Å². The maximum Gasteiger partial charge on any atom is 0.310 e. The first-order valence-corrected chi connectivity index (χ1v) is 5.03. The number of carbonyl (C=O) groups is 2. The molecule has 0 bridgehead atoms. The summed E-state index contributed by atoms with van der Waals surface area (Å²) in [5.41, 5.74) is -0.435. The molecule has 2 atom stereocenters. The molecule has 0 saturated heterocycles. The van der Waals surface area contributed by atoms with Crippen molar-refractivity contribution in [3.63, 3.8) is 0 Å². The lowest BCUT2D eigenvalue weighted by Gasteiger charge is -2.21. The maximum absolute atomic E-state index is 11.6. The van der Waals surface area contributed by atoms with E-state index < -0.39 is 17.3 Å². The van der Waals surface area contributed by atoms with Gasteiger partial charge in [-0.25, -0.2) is 0 Å². The van der Waals surface area contributed by atoms with Crippen LogP contribution in [-0.2, 0) is 9.59 Å². The summed E-state index contributed by atoms with van der Waals surface area (Å²) < 4.78 is 0. The fraction of sp³-hybridized carbons (Fsp3) is 0.636. The molecule has 84 valence electrons. The number of aliphatic carboxylic acids is 1. The van der Waals surface area contributed by atoms with Crippen molar-refractivity contribution in [2.75, 3.05) is 0 Å². The van der Waals surface area contributed by atoms with Crippen LogP contribution in [0.2, 0.25) is 0 Å². The lowest BCUT2D eigenvalue weighted by atomic mass is 9.95. The molecule has 0 aliphatic heterocycles. The van der Waals surface area contributed by atoms with Crippen LogP contribution in [0.25, 0.3) is 0 Å². The first kappa shape index (κ1) is 11.8. The molecule has 0 heterocycles. The second-order valence-corrected chi connectivity index (χ2v) is 4.90. The monoisotopic (exact) mass is 211 g/mol. The van der Waals surface area contributed by atoms with Crippen molar-refractivity contribution in [1.82, 2.24) is 5.32 Å². The molecule has 0 radical (unpaired) electrons. The number of hydrogen-bond donors (Lipinski definition) is 2. The second kappa shape index (κ2) is 4.04. The summed E-state index contributed by atoms with van der Waals surface area (Å²) in [6.07, 6.45) is 3.84. The highest BCUT2D eigenvalue weighted by Crippen LogP contribution is 2.20. The van der Waals surface area contributed by atoms with Gasteiger partial charge in [0.2, 0.25) is 5.91 Å². The summed E-state index contributed by atoms with van der Waals surface area (Å²) in [5, 5.41) is 11.6. The molecule has 4 heteroatoms. The number of amides is 1. The zero-order valence-corrected chi connectivity index (χ0v) is 9.28. The Morgan fingerprint density at radius 3 is 2.33 bits per heavy atom. The Kier molecular flexibility index (Phi) is 3.17. The van der Waals surface area contributed by atoms with E-state index in [1.165, 1.54) is 0 Å². The van der Waals surface area contributed by atoms with Gasteiger partial charge in [-0.15, -0.1) is 0 Å². The third kappa shape index (κ3) is 3.08. The van der Waals surface area contributed by atoms with Crippen LogP contribution in [0.4, 0.5) is 0 Å². The minimum absolute atomic E-state index is 0.0526. The summed E-state index contributed by atoms with van der Waals surface area (Å²) in [4.78, 5) is 22.3. The van der Waals surface area contributed by atoms with Crippen molar-refractivity contribution in [3.05, 3.63) is 12.2 Å². The first-order chi connectivity index (χ1) is 6.80. The van der Waals surface area contributed by atoms with Crippen molar-refractivity contribution >= 4 is 11.9 Å². The molecular formula is C11H17NO3. The number of carboxylic acids is 1. The molecule has 2 unspecified atom stereocenters. The smallest absolute Gasteiger partial charge is 0.310 e. The Labute approximate surface area is 89.4 Å². The topological polar surface area (TPSA) is 66.4 Å². The Hall–Kier alpha value is -1.32. The van der Waals surface area contributed by atoms with E-state index in [-0.39, 0.29) is 11.9 Å². The number of rotatable bonds is 2. The second-order valence-electron chi connectivity index (χ2n) is 4.90. The predicted molar refractivity (Wildman–Crippen MR) is 56.3 cm³/mol. The van der Waals surface area contributed by atoms with Crippen molar-refractivity contribution in [3.8, 4) is 0 Å². The maximum atomic E-state index is 11.6. The molecular weight excluding hydrogens is 194 g/mol. The Bertz CT molecular complexity index is 301. The minimum atomic E-state index is -0.834. The van der Waals surface area contributed by atoms with E-state index in [1.54, 1.807) is 12.2 Å². The molecule has 1 amide bonds. The Morgan fingerprint density at radius 1 is 1.33 bits per heavy atom. The van der Waals surface area contributed by atoms with Gasteiger partial charge in [0.25, 0.3) is 0 Å². The largest absolute Gasteiger partial charge is 0.481 e. The standard InChI is InChI=1S/C11H17NO3/c1-11(2,3)10(15)12-8-5-4-7(6-8)9(13)14/h4-5,7-8H,6H2,1-3H3,(H,12,15)(H,13,14). The van der Waals surface area contributed by atoms with Gasteiger partial charge in [-0.1, -0.05) is 32.9 Å². The lowest BCUT2D eigenvalue weighted by molar-refractivity contribution is -0.140. The summed E-state index contributed by atoms with van der Waals surface area (Å²) >= 11 is 0. The van der Waals surface area contributed by atoms with E-state index in [2.05, 4.69) is 5.32 Å². The molecule has 4 nitrogen and oxygen atoms in total. The van der Waals surface area contributed by atoms with Crippen LogP contribution in [-0.4, -0.2) is 23.0 Å². The summed E-state index contributed by atoms with van der Waals surface area (Å²) in [6.45, 7) is 5.49. The molecule has 1 aliphatic rings. The molecule has 0 spiro atoms. The minimum Gasteiger partial charge on any atom is -0.481 e. The van der Waals surface area contributed by atoms with Gasteiger partial charge < -0.3 is 10.4 Å². The van der Waals surface area contributed by atoms with E-state index in [1.807, 2.05) is 20.8 Å². The van der Waals surface area contributed by atoms with E-state index >= 15 is 0 Å². The quantitative estimate of drug-likeness (QED) is 0.674. The van der Waals surface area contributed by atoms with E-state index in [0.717, 1.165) is 0 Å². The molecule has 1 aliphatic carbocycles. The van der Waals surface area contributed by atoms with Crippen LogP contribution < -0.4 is 5.32 Å². The zero-order valence-electron chi connectivity index (χ0n) is 9.28. The van der Waals surface area contributed by atoms with Gasteiger partial charge in [0.1, 0.15) is 0 Å². The van der Waals surface area contributed by atoms with Gasteiger partial charge in [0.05, 0.1) is 5.92 Å². The van der Waals surface area contributed by atoms with Gasteiger partial charge in [-0.2, -0.15) is 0 Å². The molecule has 0 aromatic heterocycles. The van der Waals surface area contributed by atoms with Crippen LogP contribution >= 0.6 is 0 Å². The molecule has 0 aromatic carbocycles. The molecule has 15 heavy (non-hydrogen) atoms. The first-order valence-electron chi connectivity index (χ1n) is 5.03. The molecule has 1 rings (SSSR count). The van der Waals surface area contributed by atoms with Gasteiger partial charge >= 0.3 is 5.97 Å². The molecule has 0 saturated carbocycles. The molecule has 2 N–H and O–H groups in total. The number of carboxylic acid groups (broad SMARTS) is 1. The fourth-order valence-corrected chi connectivity index (χ4v) is 1.37. The van der Waals surface area contributed by atoms with Crippen molar-refractivity contribution in [2.45, 2.75) is 33.2 Å². The highest BCUT2D eigenvalue weighted by molar-refractivity contribution is 5.82. The summed E-state index contributed by atoms with van der Waals surface area (Å²) in [6, 6.07) is -0.141. The number of hydrogen-bond acceptors (Lipinski definition) is 2. The third-order valence-corrected chi connectivity index (χ3v) is 2.40. The lowest BCUT2D eigenvalue weighted by Crippen LogP contribution is -2.40. The van der Waals surface area contributed by atoms with Crippen LogP contribution in [0.1, 0.15) is 27.2 Å². The highest BCUT2D eigenvalue weighted by Gasteiger charge is 2.28. The predicted octanol–water partition coefficient (Wildman–Crippen LogP) is 1.18. The average Bonchev–Trinajstić information content (AvgIpc) is 2.50. The third-order valence-electron chi connectivity index (χ3n) is 2.40. The Balaban J connectivity index is 2.48. The summed E-state index contributed by atoms with van der Waals surface area (Å²) in [7, 11) is 0. The fourth-order valence-electron chi connectivity index (χ4n) is 1.37.